The first-order valence-electron chi connectivity index (χ1n) is 7.09. The van der Waals surface area contributed by atoms with E-state index in [0.717, 1.165) is 0 Å². The predicted octanol–water partition coefficient (Wildman–Crippen LogP) is -1.89. The number of nitrogens with two attached hydrogens (primary N) is 1. The number of anilines is 1. The van der Waals surface area contributed by atoms with Crippen LogP contribution in [0.25, 0.3) is 11.0 Å². The standard InChI is InChI=1S/C13H16N6O4/c1-18-11-7-5(10(14)17-18)2-19(12(7)16-4-15-11)13-9(22)8(21)6(3-20)23-13/h2,4,6,8-9,13,20-22H,3H2,1H3,(H2,14,17)/t6-,8+,9+,13-/m1/s1. The van der Waals surface area contributed by atoms with Gasteiger partial charge in [-0.15, -0.1) is 0 Å². The van der Waals surface area contributed by atoms with Crippen LogP contribution in [0.4, 0.5) is 5.82 Å². The lowest BCUT2D eigenvalue weighted by Gasteiger charge is -2.19. The molecule has 2 aliphatic rings. The molecular weight excluding hydrogens is 304 g/mol. The van der Waals surface area contributed by atoms with Crippen molar-refractivity contribution >= 4 is 22.7 Å². The normalized spacial score (nSPS) is 30.1. The van der Waals surface area contributed by atoms with Gasteiger partial charge in [-0.1, -0.05) is 0 Å². The minimum absolute atomic E-state index is 0.297. The summed E-state index contributed by atoms with van der Waals surface area (Å²) in [4.78, 5) is 8.45. The highest BCUT2D eigenvalue weighted by Gasteiger charge is 2.44. The van der Waals surface area contributed by atoms with E-state index < -0.39 is 31.1 Å². The van der Waals surface area contributed by atoms with Crippen molar-refractivity contribution in [3.63, 3.8) is 0 Å². The first-order chi connectivity index (χ1) is 11.0. The van der Waals surface area contributed by atoms with E-state index in [1.807, 2.05) is 0 Å². The minimum Gasteiger partial charge on any atom is -0.394 e. The van der Waals surface area contributed by atoms with Gasteiger partial charge in [-0.25, -0.2) is 15.0 Å². The molecular formula is C13H16N6O4. The third kappa shape index (κ3) is 1.86. The average molecular weight is 320 g/mol. The summed E-state index contributed by atoms with van der Waals surface area (Å²) in [5.74, 6) is 0.884. The molecule has 0 spiro atoms. The molecule has 10 heteroatoms. The van der Waals surface area contributed by atoms with Crippen molar-refractivity contribution in [2.24, 2.45) is 10.8 Å². The largest absolute Gasteiger partial charge is 0.394 e. The summed E-state index contributed by atoms with van der Waals surface area (Å²) < 4.78 is 7.15. The fraction of sp³-hybridized carbons (Fsp3) is 0.462. The Morgan fingerprint density at radius 2 is 2.09 bits per heavy atom. The number of hydrazone groups is 1. The molecule has 1 fully saturated rings. The summed E-state index contributed by atoms with van der Waals surface area (Å²) in [6.45, 7) is -0.395. The van der Waals surface area contributed by atoms with Gasteiger partial charge >= 0.3 is 0 Å². The molecule has 4 rings (SSSR count). The monoisotopic (exact) mass is 320 g/mol. The zero-order chi connectivity index (χ0) is 16.3. The van der Waals surface area contributed by atoms with Gasteiger partial charge < -0.3 is 30.4 Å². The van der Waals surface area contributed by atoms with Gasteiger partial charge in [0.15, 0.2) is 17.9 Å². The molecule has 0 bridgehead atoms. The van der Waals surface area contributed by atoms with Gasteiger partial charge in [-0.2, -0.15) is 5.10 Å². The maximum atomic E-state index is 10.2. The van der Waals surface area contributed by atoms with Crippen LogP contribution >= 0.6 is 0 Å². The van der Waals surface area contributed by atoms with Crippen LogP contribution in [0.1, 0.15) is 11.8 Å². The molecule has 4 atom stereocenters. The Hall–Kier alpha value is -2.27. The van der Waals surface area contributed by atoms with Crippen molar-refractivity contribution < 1.29 is 20.1 Å². The van der Waals surface area contributed by atoms with Crippen LogP contribution in [-0.4, -0.2) is 67.7 Å². The van der Waals surface area contributed by atoms with Crippen molar-refractivity contribution in [3.05, 3.63) is 18.1 Å². The summed E-state index contributed by atoms with van der Waals surface area (Å²) in [5, 5.41) is 35.9. The molecule has 122 valence electrons. The van der Waals surface area contributed by atoms with E-state index in [9.17, 15) is 15.3 Å². The quantitative estimate of drug-likeness (QED) is 0.503. The third-order valence-electron chi connectivity index (χ3n) is 4.22. The van der Waals surface area contributed by atoms with Gasteiger partial charge in [0.25, 0.3) is 0 Å². The summed E-state index contributed by atoms with van der Waals surface area (Å²) in [5.41, 5.74) is 7.10. The van der Waals surface area contributed by atoms with Gasteiger partial charge in [-0.05, 0) is 0 Å². The Balaban J connectivity index is 1.89. The van der Waals surface area contributed by atoms with E-state index in [-0.39, 0.29) is 0 Å². The molecule has 4 heterocycles. The lowest BCUT2D eigenvalue weighted by Crippen LogP contribution is -2.33. The van der Waals surface area contributed by atoms with Crippen molar-refractivity contribution in [3.8, 4) is 0 Å². The molecule has 0 unspecified atom stereocenters. The van der Waals surface area contributed by atoms with Gasteiger partial charge in [0, 0.05) is 18.8 Å². The van der Waals surface area contributed by atoms with Crippen molar-refractivity contribution in [1.82, 2.24) is 14.5 Å². The van der Waals surface area contributed by atoms with E-state index in [1.54, 1.807) is 22.8 Å². The number of aliphatic hydroxyl groups excluding tert-OH is 3. The molecule has 2 aromatic heterocycles. The topological polar surface area (TPSA) is 142 Å². The Bertz CT molecular complexity index is 805. The second-order valence-corrected chi connectivity index (χ2v) is 5.58. The molecule has 0 aliphatic carbocycles. The van der Waals surface area contributed by atoms with Crippen LogP contribution in [0.2, 0.25) is 0 Å². The lowest BCUT2D eigenvalue weighted by molar-refractivity contribution is -0.0508. The summed E-state index contributed by atoms with van der Waals surface area (Å²) in [6, 6.07) is 0. The highest BCUT2D eigenvalue weighted by molar-refractivity contribution is 6.13. The maximum absolute atomic E-state index is 10.2. The van der Waals surface area contributed by atoms with E-state index in [1.165, 1.54) is 6.33 Å². The Morgan fingerprint density at radius 3 is 2.78 bits per heavy atom. The van der Waals surface area contributed by atoms with Gasteiger partial charge in [0.2, 0.25) is 0 Å². The Kier molecular flexibility index (Phi) is 3.03. The number of ether oxygens (including phenoxy) is 1. The van der Waals surface area contributed by atoms with Crippen LogP contribution < -0.4 is 10.7 Å². The Labute approximate surface area is 130 Å². The average Bonchev–Trinajstić information content (AvgIpc) is 3.05. The second-order valence-electron chi connectivity index (χ2n) is 5.58. The molecule has 2 aliphatic heterocycles. The predicted molar refractivity (Wildman–Crippen MR) is 79.7 cm³/mol. The van der Waals surface area contributed by atoms with Crippen molar-refractivity contribution in [2.45, 2.75) is 24.5 Å². The van der Waals surface area contributed by atoms with Gasteiger partial charge in [-0.3, -0.25) is 0 Å². The molecule has 2 aromatic rings. The van der Waals surface area contributed by atoms with Gasteiger partial charge in [0.05, 0.1) is 12.0 Å². The second kappa shape index (κ2) is 4.86. The van der Waals surface area contributed by atoms with E-state index in [4.69, 9.17) is 10.5 Å². The third-order valence-corrected chi connectivity index (χ3v) is 4.22. The van der Waals surface area contributed by atoms with Crippen LogP contribution in [0.15, 0.2) is 17.6 Å². The van der Waals surface area contributed by atoms with Crippen LogP contribution in [0, 0.1) is 0 Å². The smallest absolute Gasteiger partial charge is 0.164 e. The molecule has 10 nitrogen and oxygen atoms in total. The highest BCUT2D eigenvalue weighted by atomic mass is 16.6. The van der Waals surface area contributed by atoms with Crippen LogP contribution in [0.3, 0.4) is 0 Å². The van der Waals surface area contributed by atoms with Gasteiger partial charge in [0.1, 0.15) is 30.3 Å². The fourth-order valence-electron chi connectivity index (χ4n) is 3.07. The fourth-order valence-corrected chi connectivity index (χ4v) is 3.07. The van der Waals surface area contributed by atoms with E-state index in [0.29, 0.717) is 28.3 Å². The number of rotatable bonds is 2. The zero-order valence-electron chi connectivity index (χ0n) is 12.2. The molecule has 0 aromatic carbocycles. The molecule has 0 saturated carbocycles. The summed E-state index contributed by atoms with van der Waals surface area (Å²) >= 11 is 0. The first-order valence-corrected chi connectivity index (χ1v) is 7.09. The molecule has 0 amide bonds. The number of nitrogens with zero attached hydrogens (tertiary/aromatic N) is 5. The highest BCUT2D eigenvalue weighted by Crippen LogP contribution is 2.36. The number of hydrogen-bond donors (Lipinski definition) is 4. The van der Waals surface area contributed by atoms with E-state index in [2.05, 4.69) is 15.1 Å². The minimum atomic E-state index is -1.20. The molecule has 5 N–H and O–H groups in total. The number of amidine groups is 1. The van der Waals surface area contributed by atoms with Crippen molar-refractivity contribution in [1.29, 1.82) is 0 Å². The lowest BCUT2D eigenvalue weighted by atomic mass is 10.1. The molecule has 0 radical (unpaired) electrons. The van der Waals surface area contributed by atoms with Crippen LogP contribution in [-0.2, 0) is 4.74 Å². The van der Waals surface area contributed by atoms with E-state index >= 15 is 0 Å². The molecule has 23 heavy (non-hydrogen) atoms. The molecule has 1 saturated heterocycles. The maximum Gasteiger partial charge on any atom is 0.164 e. The number of hydrogen-bond acceptors (Lipinski definition) is 9. The first kappa shape index (κ1) is 14.3. The Morgan fingerprint density at radius 1 is 1.30 bits per heavy atom. The number of aliphatic hydroxyl groups is 3. The zero-order valence-corrected chi connectivity index (χ0v) is 12.2. The van der Waals surface area contributed by atoms with Crippen molar-refractivity contribution in [2.75, 3.05) is 18.7 Å². The SMILES string of the molecule is CN1N=C(N)c2cn([C@@H]3O[C@H](CO)[C@H](O)[C@@H]3O)c3ncnc1c23. The number of aromatic nitrogens is 3. The summed E-state index contributed by atoms with van der Waals surface area (Å²) in [6.07, 6.45) is -1.10. The summed E-state index contributed by atoms with van der Waals surface area (Å²) in [7, 11) is 1.72. The van der Waals surface area contributed by atoms with Crippen LogP contribution in [0.5, 0.6) is 0 Å².